The molecule has 1 aromatic rings. The molecular weight excluding hydrogens is 368 g/mol. The van der Waals surface area contributed by atoms with Crippen LogP contribution in [0.25, 0.3) is 0 Å². The first-order chi connectivity index (χ1) is 12.8. The molecule has 1 atom stereocenters. The topological polar surface area (TPSA) is 97.8 Å². The molecule has 2 aliphatic rings. The second kappa shape index (κ2) is 7.98. The van der Waals surface area contributed by atoms with Crippen molar-refractivity contribution in [2.75, 3.05) is 19.6 Å². The van der Waals surface area contributed by atoms with Gasteiger partial charge in [-0.3, -0.25) is 4.79 Å². The van der Waals surface area contributed by atoms with E-state index in [4.69, 9.17) is 0 Å². The average Bonchev–Trinajstić information content (AvgIpc) is 2.68. The number of carboxylic acid groups (broad SMARTS) is 1. The highest BCUT2D eigenvalue weighted by atomic mass is 32.2. The molecule has 0 bridgehead atoms. The van der Waals surface area contributed by atoms with Crippen LogP contribution in [0.5, 0.6) is 0 Å². The van der Waals surface area contributed by atoms with Crippen molar-refractivity contribution in [1.82, 2.24) is 9.21 Å². The van der Waals surface area contributed by atoms with Gasteiger partial charge in [-0.05, 0) is 62.3 Å². The summed E-state index contributed by atoms with van der Waals surface area (Å²) >= 11 is 0. The fraction of sp³-hybridized carbons (Fsp3) is 0.579. The van der Waals surface area contributed by atoms with Gasteiger partial charge in [0.2, 0.25) is 10.0 Å². The molecule has 0 spiro atoms. The highest BCUT2D eigenvalue weighted by molar-refractivity contribution is 7.89. The van der Waals surface area contributed by atoms with E-state index in [0.717, 1.165) is 25.7 Å². The maximum atomic E-state index is 12.8. The van der Waals surface area contributed by atoms with E-state index < -0.39 is 27.9 Å². The molecule has 3 rings (SSSR count). The third-order valence-electron chi connectivity index (χ3n) is 5.52. The molecule has 1 aromatic carbocycles. The van der Waals surface area contributed by atoms with E-state index in [-0.39, 0.29) is 10.5 Å². The third kappa shape index (κ3) is 4.16. The first kappa shape index (κ1) is 19.8. The SMILES string of the molecule is CC1CCN(S(=O)(=O)c2ccc(C(=O)N3CCCC[C@H]3C(=O)[O-])cc2)CC1. The predicted octanol–water partition coefficient (Wildman–Crippen LogP) is 0.852. The van der Waals surface area contributed by atoms with Gasteiger partial charge in [0.1, 0.15) is 0 Å². The molecule has 8 heteroatoms. The predicted molar refractivity (Wildman–Crippen MR) is 97.3 cm³/mol. The molecule has 27 heavy (non-hydrogen) atoms. The Bertz CT molecular complexity index is 798. The smallest absolute Gasteiger partial charge is 0.254 e. The van der Waals surface area contributed by atoms with Crippen LogP contribution >= 0.6 is 0 Å². The van der Waals surface area contributed by atoms with Crippen molar-refractivity contribution in [3.05, 3.63) is 29.8 Å². The first-order valence-electron chi connectivity index (χ1n) is 9.43. The number of hydrogen-bond acceptors (Lipinski definition) is 5. The molecular formula is C19H25N2O5S-. The molecule has 2 heterocycles. The van der Waals surface area contributed by atoms with Gasteiger partial charge in [-0.25, -0.2) is 8.42 Å². The number of likely N-dealkylation sites (tertiary alicyclic amines) is 1. The van der Waals surface area contributed by atoms with Crippen LogP contribution in [0.15, 0.2) is 29.2 Å². The lowest BCUT2D eigenvalue weighted by molar-refractivity contribution is -0.311. The van der Waals surface area contributed by atoms with Gasteiger partial charge in [-0.2, -0.15) is 4.31 Å². The lowest BCUT2D eigenvalue weighted by Crippen LogP contribution is -2.52. The van der Waals surface area contributed by atoms with Gasteiger partial charge in [-0.15, -0.1) is 0 Å². The summed E-state index contributed by atoms with van der Waals surface area (Å²) < 4.78 is 27.0. The Morgan fingerprint density at radius 3 is 2.22 bits per heavy atom. The zero-order chi connectivity index (χ0) is 19.6. The summed E-state index contributed by atoms with van der Waals surface area (Å²) in [5, 5.41) is 11.3. The Kier molecular flexibility index (Phi) is 5.86. The molecule has 1 amide bonds. The molecule has 2 fully saturated rings. The van der Waals surface area contributed by atoms with E-state index in [9.17, 15) is 23.1 Å². The van der Waals surface area contributed by atoms with Gasteiger partial charge >= 0.3 is 0 Å². The first-order valence-corrected chi connectivity index (χ1v) is 10.9. The number of nitrogens with zero attached hydrogens (tertiary/aromatic N) is 2. The quantitative estimate of drug-likeness (QED) is 0.755. The van der Waals surface area contributed by atoms with Crippen LogP contribution in [-0.4, -0.2) is 55.2 Å². The van der Waals surface area contributed by atoms with Gasteiger partial charge in [-0.1, -0.05) is 6.92 Å². The molecule has 0 radical (unpaired) electrons. The normalized spacial score (nSPS) is 22.6. The molecule has 0 saturated carbocycles. The van der Waals surface area contributed by atoms with Crippen molar-refractivity contribution >= 4 is 21.9 Å². The van der Waals surface area contributed by atoms with Crippen LogP contribution in [0.4, 0.5) is 0 Å². The summed E-state index contributed by atoms with van der Waals surface area (Å²) in [5.41, 5.74) is 0.286. The largest absolute Gasteiger partial charge is 0.548 e. The fourth-order valence-corrected chi connectivity index (χ4v) is 5.20. The number of piperidine rings is 2. The molecule has 7 nitrogen and oxygen atoms in total. The number of rotatable bonds is 4. The van der Waals surface area contributed by atoms with Crippen LogP contribution < -0.4 is 5.11 Å². The second-order valence-electron chi connectivity index (χ2n) is 7.44. The fourth-order valence-electron chi connectivity index (χ4n) is 3.73. The van der Waals surface area contributed by atoms with Gasteiger partial charge in [0.05, 0.1) is 16.9 Å². The van der Waals surface area contributed by atoms with E-state index in [1.165, 1.54) is 33.5 Å². The molecule has 148 valence electrons. The number of carbonyl (C=O) groups excluding carboxylic acids is 2. The van der Waals surface area contributed by atoms with E-state index in [2.05, 4.69) is 6.92 Å². The minimum Gasteiger partial charge on any atom is -0.548 e. The number of benzene rings is 1. The number of hydrogen-bond donors (Lipinski definition) is 0. The summed E-state index contributed by atoms with van der Waals surface area (Å²) in [4.78, 5) is 25.5. The highest BCUT2D eigenvalue weighted by Crippen LogP contribution is 2.25. The van der Waals surface area contributed by atoms with Gasteiger partial charge in [0.15, 0.2) is 0 Å². The van der Waals surface area contributed by atoms with Crippen molar-refractivity contribution in [3.8, 4) is 0 Å². The van der Waals surface area contributed by atoms with Crippen LogP contribution in [0.2, 0.25) is 0 Å². The Hall–Kier alpha value is -1.93. The standard InChI is InChI=1S/C19H26N2O5S/c1-14-9-12-20(13-10-14)27(25,26)16-7-5-15(6-8-16)18(22)21-11-3-2-4-17(21)19(23)24/h5-8,14,17H,2-4,9-13H2,1H3,(H,23,24)/p-1/t17-/m0/s1. The van der Waals surface area contributed by atoms with Crippen molar-refractivity contribution in [2.45, 2.75) is 50.0 Å². The lowest BCUT2D eigenvalue weighted by Gasteiger charge is -2.36. The zero-order valence-corrected chi connectivity index (χ0v) is 16.3. The number of carbonyl (C=O) groups is 2. The monoisotopic (exact) mass is 393 g/mol. The van der Waals surface area contributed by atoms with Gasteiger partial charge < -0.3 is 14.8 Å². The van der Waals surface area contributed by atoms with Crippen molar-refractivity contribution in [1.29, 1.82) is 0 Å². The average molecular weight is 393 g/mol. The van der Waals surface area contributed by atoms with Crippen LogP contribution in [0.3, 0.4) is 0 Å². The lowest BCUT2D eigenvalue weighted by atomic mass is 10.0. The van der Waals surface area contributed by atoms with Crippen LogP contribution in [0.1, 0.15) is 49.4 Å². The van der Waals surface area contributed by atoms with Crippen molar-refractivity contribution in [3.63, 3.8) is 0 Å². The van der Waals surface area contributed by atoms with Crippen molar-refractivity contribution < 1.29 is 23.1 Å². The molecule has 0 unspecified atom stereocenters. The molecule has 0 N–H and O–H groups in total. The number of sulfonamides is 1. The minimum atomic E-state index is -3.57. The maximum absolute atomic E-state index is 12.8. The van der Waals surface area contributed by atoms with E-state index >= 15 is 0 Å². The molecule has 0 aromatic heterocycles. The number of amides is 1. The molecule has 0 aliphatic carbocycles. The summed E-state index contributed by atoms with van der Waals surface area (Å²) in [6.07, 6.45) is 3.56. The Morgan fingerprint density at radius 1 is 1.00 bits per heavy atom. The highest BCUT2D eigenvalue weighted by Gasteiger charge is 2.30. The van der Waals surface area contributed by atoms with Crippen LogP contribution in [-0.2, 0) is 14.8 Å². The van der Waals surface area contributed by atoms with E-state index in [1.54, 1.807) is 0 Å². The number of aliphatic carboxylic acids is 1. The zero-order valence-electron chi connectivity index (χ0n) is 15.5. The van der Waals surface area contributed by atoms with Crippen LogP contribution in [0, 0.1) is 5.92 Å². The third-order valence-corrected chi connectivity index (χ3v) is 7.43. The summed E-state index contributed by atoms with van der Waals surface area (Å²) in [6, 6.07) is 4.85. The van der Waals surface area contributed by atoms with E-state index in [1.807, 2.05) is 0 Å². The number of carboxylic acids is 1. The maximum Gasteiger partial charge on any atom is 0.254 e. The second-order valence-corrected chi connectivity index (χ2v) is 9.38. The molecule has 2 aliphatic heterocycles. The molecule has 2 saturated heterocycles. The van der Waals surface area contributed by atoms with Crippen molar-refractivity contribution in [2.24, 2.45) is 5.92 Å². The Morgan fingerprint density at radius 2 is 1.63 bits per heavy atom. The van der Waals surface area contributed by atoms with Gasteiger partial charge in [0, 0.05) is 25.2 Å². The summed E-state index contributed by atoms with van der Waals surface area (Å²) in [6.45, 7) is 3.49. The van der Waals surface area contributed by atoms with Gasteiger partial charge in [0.25, 0.3) is 5.91 Å². The Balaban J connectivity index is 1.76. The summed E-state index contributed by atoms with van der Waals surface area (Å²) in [5.74, 6) is -1.13. The minimum absolute atomic E-state index is 0.156. The summed E-state index contributed by atoms with van der Waals surface area (Å²) in [7, 11) is -3.57. The van der Waals surface area contributed by atoms with E-state index in [0.29, 0.717) is 32.0 Å². The Labute approximate surface area is 160 Å².